The van der Waals surface area contributed by atoms with E-state index in [9.17, 15) is 9.59 Å². The van der Waals surface area contributed by atoms with Crippen molar-refractivity contribution in [1.82, 2.24) is 0 Å². The standard InChI is InChI=1S/C12H11NO4/c1-8-2-4-10(5-3-8)13-7-9(6-11(13)14)12(15)17-16/h2-6,16H,7H2,1H3. The summed E-state index contributed by atoms with van der Waals surface area (Å²) < 4.78 is 0. The van der Waals surface area contributed by atoms with Crippen molar-refractivity contribution < 1.29 is 19.7 Å². The van der Waals surface area contributed by atoms with E-state index in [0.29, 0.717) is 5.69 Å². The summed E-state index contributed by atoms with van der Waals surface area (Å²) in [6.45, 7) is 2.06. The smallest absolute Gasteiger partial charge is 0.304 e. The Morgan fingerprint density at radius 3 is 2.59 bits per heavy atom. The molecule has 0 aromatic heterocycles. The summed E-state index contributed by atoms with van der Waals surface area (Å²) in [6.07, 6.45) is 1.17. The first kappa shape index (κ1) is 11.3. The van der Waals surface area contributed by atoms with Crippen LogP contribution in [0.15, 0.2) is 35.9 Å². The summed E-state index contributed by atoms with van der Waals surface area (Å²) in [4.78, 5) is 27.8. The number of nitrogens with zero attached hydrogens (tertiary/aromatic N) is 1. The van der Waals surface area contributed by atoms with Gasteiger partial charge in [-0.3, -0.25) is 9.68 Å². The molecule has 5 nitrogen and oxygen atoms in total. The number of hydrogen-bond donors (Lipinski definition) is 1. The van der Waals surface area contributed by atoms with E-state index >= 15 is 0 Å². The minimum atomic E-state index is -0.895. The fourth-order valence-corrected chi connectivity index (χ4v) is 1.65. The molecular formula is C12H11NO4. The highest BCUT2D eigenvalue weighted by Crippen LogP contribution is 2.21. The minimum absolute atomic E-state index is 0.112. The van der Waals surface area contributed by atoms with Gasteiger partial charge in [-0.15, -0.1) is 0 Å². The largest absolute Gasteiger partial charge is 0.370 e. The topological polar surface area (TPSA) is 66.8 Å². The molecule has 17 heavy (non-hydrogen) atoms. The van der Waals surface area contributed by atoms with Gasteiger partial charge in [0.25, 0.3) is 5.91 Å². The van der Waals surface area contributed by atoms with E-state index in [2.05, 4.69) is 4.89 Å². The normalized spacial score (nSPS) is 14.8. The Bertz CT molecular complexity index is 490. The van der Waals surface area contributed by atoms with Crippen LogP contribution in [-0.2, 0) is 14.5 Å². The van der Waals surface area contributed by atoms with E-state index in [4.69, 9.17) is 5.26 Å². The number of rotatable bonds is 2. The van der Waals surface area contributed by atoms with Gasteiger partial charge >= 0.3 is 5.97 Å². The number of aryl methyl sites for hydroxylation is 1. The third kappa shape index (κ3) is 2.19. The number of carbonyl (C=O) groups is 2. The van der Waals surface area contributed by atoms with E-state index in [1.54, 1.807) is 12.1 Å². The van der Waals surface area contributed by atoms with Crippen molar-refractivity contribution in [3.8, 4) is 0 Å². The molecule has 1 N–H and O–H groups in total. The van der Waals surface area contributed by atoms with Crippen molar-refractivity contribution in [1.29, 1.82) is 0 Å². The molecule has 2 rings (SSSR count). The van der Waals surface area contributed by atoms with Crippen molar-refractivity contribution in [2.24, 2.45) is 0 Å². The van der Waals surface area contributed by atoms with Crippen LogP contribution in [0.4, 0.5) is 5.69 Å². The Labute approximate surface area is 97.8 Å². The number of anilines is 1. The van der Waals surface area contributed by atoms with Gasteiger partial charge in [0.15, 0.2) is 0 Å². The molecule has 1 aromatic rings. The highest BCUT2D eigenvalue weighted by atomic mass is 17.1. The molecular weight excluding hydrogens is 222 g/mol. The lowest BCUT2D eigenvalue weighted by Gasteiger charge is -2.16. The van der Waals surface area contributed by atoms with Gasteiger partial charge < -0.3 is 4.90 Å². The van der Waals surface area contributed by atoms with Gasteiger partial charge in [0.05, 0.1) is 12.1 Å². The van der Waals surface area contributed by atoms with E-state index in [1.807, 2.05) is 19.1 Å². The number of hydrogen-bond acceptors (Lipinski definition) is 4. The molecule has 0 bridgehead atoms. The molecule has 88 valence electrons. The SMILES string of the molecule is Cc1ccc(N2CC(C(=O)OO)=CC2=O)cc1. The van der Waals surface area contributed by atoms with Gasteiger partial charge in [-0.1, -0.05) is 17.7 Å². The molecule has 0 fully saturated rings. The highest BCUT2D eigenvalue weighted by Gasteiger charge is 2.27. The van der Waals surface area contributed by atoms with Crippen molar-refractivity contribution in [3.05, 3.63) is 41.5 Å². The average Bonchev–Trinajstić information content (AvgIpc) is 2.71. The third-order valence-electron chi connectivity index (χ3n) is 2.58. The number of carbonyl (C=O) groups excluding carboxylic acids is 2. The first-order valence-electron chi connectivity index (χ1n) is 5.06. The second kappa shape index (κ2) is 4.39. The van der Waals surface area contributed by atoms with Crippen molar-refractivity contribution in [3.63, 3.8) is 0 Å². The summed E-state index contributed by atoms with van der Waals surface area (Å²) in [7, 11) is 0. The summed E-state index contributed by atoms with van der Waals surface area (Å²) in [5.74, 6) is -1.19. The Balaban J connectivity index is 2.19. The Hall–Kier alpha value is -2.14. The van der Waals surface area contributed by atoms with E-state index in [1.165, 1.54) is 11.0 Å². The molecule has 0 spiro atoms. The maximum Gasteiger partial charge on any atom is 0.370 e. The molecule has 0 saturated heterocycles. The van der Waals surface area contributed by atoms with Gasteiger partial charge in [-0.25, -0.2) is 4.79 Å². The van der Waals surface area contributed by atoms with Crippen LogP contribution in [0.5, 0.6) is 0 Å². The predicted octanol–water partition coefficient (Wildman–Crippen LogP) is 1.28. The van der Waals surface area contributed by atoms with Gasteiger partial charge in [0.1, 0.15) is 0 Å². The summed E-state index contributed by atoms with van der Waals surface area (Å²) in [5, 5.41) is 8.25. The second-order valence-corrected chi connectivity index (χ2v) is 3.81. The Morgan fingerprint density at radius 2 is 2.00 bits per heavy atom. The molecule has 1 heterocycles. The highest BCUT2D eigenvalue weighted by molar-refractivity contribution is 6.11. The average molecular weight is 233 g/mol. The summed E-state index contributed by atoms with van der Waals surface area (Å²) in [6, 6.07) is 7.36. The van der Waals surface area contributed by atoms with Crippen LogP contribution in [0.3, 0.4) is 0 Å². The molecule has 1 amide bonds. The maximum atomic E-state index is 11.7. The minimum Gasteiger partial charge on any atom is -0.304 e. The van der Waals surface area contributed by atoms with Gasteiger partial charge in [-0.2, -0.15) is 5.26 Å². The van der Waals surface area contributed by atoms with Crippen LogP contribution in [0.1, 0.15) is 5.56 Å². The zero-order valence-electron chi connectivity index (χ0n) is 9.21. The van der Waals surface area contributed by atoms with Crippen molar-refractivity contribution in [2.75, 3.05) is 11.4 Å². The third-order valence-corrected chi connectivity index (χ3v) is 2.58. The first-order chi connectivity index (χ1) is 8.11. The quantitative estimate of drug-likeness (QED) is 0.617. The van der Waals surface area contributed by atoms with Gasteiger partial charge in [-0.05, 0) is 19.1 Å². The number of amides is 1. The van der Waals surface area contributed by atoms with Crippen LogP contribution in [0, 0.1) is 6.92 Å². The molecule has 0 atom stereocenters. The number of benzene rings is 1. The lowest BCUT2D eigenvalue weighted by Crippen LogP contribution is -2.26. The molecule has 0 unspecified atom stereocenters. The van der Waals surface area contributed by atoms with Crippen molar-refractivity contribution >= 4 is 17.6 Å². The van der Waals surface area contributed by atoms with Crippen LogP contribution < -0.4 is 4.90 Å². The lowest BCUT2D eigenvalue weighted by molar-refractivity contribution is -0.229. The molecule has 1 aliphatic rings. The molecule has 1 aliphatic heterocycles. The fourth-order valence-electron chi connectivity index (χ4n) is 1.65. The van der Waals surface area contributed by atoms with Crippen molar-refractivity contribution in [2.45, 2.75) is 6.92 Å². The van der Waals surface area contributed by atoms with E-state index in [0.717, 1.165) is 5.56 Å². The summed E-state index contributed by atoms with van der Waals surface area (Å²) in [5.41, 5.74) is 1.93. The van der Waals surface area contributed by atoms with Crippen LogP contribution in [-0.4, -0.2) is 23.7 Å². The van der Waals surface area contributed by atoms with Gasteiger partial charge in [0.2, 0.25) is 0 Å². The monoisotopic (exact) mass is 233 g/mol. The molecule has 5 heteroatoms. The molecule has 0 saturated carbocycles. The first-order valence-corrected chi connectivity index (χ1v) is 5.06. The van der Waals surface area contributed by atoms with Crippen LogP contribution >= 0.6 is 0 Å². The second-order valence-electron chi connectivity index (χ2n) is 3.81. The zero-order chi connectivity index (χ0) is 12.4. The van der Waals surface area contributed by atoms with Gasteiger partial charge in [0, 0.05) is 11.8 Å². The maximum absolute atomic E-state index is 11.7. The zero-order valence-corrected chi connectivity index (χ0v) is 9.21. The van der Waals surface area contributed by atoms with E-state index < -0.39 is 5.97 Å². The van der Waals surface area contributed by atoms with E-state index in [-0.39, 0.29) is 18.0 Å². The Morgan fingerprint density at radius 1 is 1.35 bits per heavy atom. The Kier molecular flexibility index (Phi) is 2.93. The molecule has 0 aliphatic carbocycles. The van der Waals surface area contributed by atoms with Crippen LogP contribution in [0.2, 0.25) is 0 Å². The predicted molar refractivity (Wildman–Crippen MR) is 60.3 cm³/mol. The molecule has 0 radical (unpaired) electrons. The molecule has 1 aromatic carbocycles. The van der Waals surface area contributed by atoms with Crippen LogP contribution in [0.25, 0.3) is 0 Å². The fraction of sp³-hybridized carbons (Fsp3) is 0.167. The lowest BCUT2D eigenvalue weighted by atomic mass is 10.2. The summed E-state index contributed by atoms with van der Waals surface area (Å²) >= 11 is 0.